The van der Waals surface area contributed by atoms with Crippen molar-refractivity contribution in [2.75, 3.05) is 6.16 Å². The lowest BCUT2D eigenvalue weighted by molar-refractivity contribution is 0.886. The molecule has 0 aromatic carbocycles. The van der Waals surface area contributed by atoms with Gasteiger partial charge < -0.3 is 0 Å². The van der Waals surface area contributed by atoms with Gasteiger partial charge in [0.15, 0.2) is 0 Å². The predicted octanol–water partition coefficient (Wildman–Crippen LogP) is 4.17. The molecular weight excluding hydrogens is 254 g/mol. The fourth-order valence-corrected chi connectivity index (χ4v) is 6.42. The first-order chi connectivity index (χ1) is 4.84. The largest absolute Gasteiger partial charge is 0.0650 e. The highest BCUT2D eigenvalue weighted by molar-refractivity contribution is 14.2. The van der Waals surface area contributed by atoms with E-state index in [-0.39, 0.29) is 0 Å². The standard InChI is InChI=1S/C8H16IP/c1-2-7-10(9)8-5-3-4-6-8/h8H,2-7H2,1H3. The third-order valence-electron chi connectivity index (χ3n) is 2.16. The van der Waals surface area contributed by atoms with Crippen LogP contribution < -0.4 is 0 Å². The van der Waals surface area contributed by atoms with Crippen LogP contribution in [0, 0.1) is 0 Å². The Labute approximate surface area is 78.4 Å². The Bertz CT molecular complexity index is 89.3. The summed E-state index contributed by atoms with van der Waals surface area (Å²) in [6.45, 7) is 2.31. The van der Waals surface area contributed by atoms with Crippen molar-refractivity contribution in [1.82, 2.24) is 0 Å². The Hall–Kier alpha value is 1.16. The molecule has 10 heavy (non-hydrogen) atoms. The second-order valence-corrected chi connectivity index (χ2v) is 8.76. The smallest absolute Gasteiger partial charge is 0.0119 e. The van der Waals surface area contributed by atoms with E-state index in [1.807, 2.05) is 0 Å². The Balaban J connectivity index is 2.18. The lowest BCUT2D eigenvalue weighted by atomic mass is 10.4. The van der Waals surface area contributed by atoms with E-state index in [1.54, 1.807) is 0 Å². The summed E-state index contributed by atoms with van der Waals surface area (Å²) in [5.74, 6) is 0. The van der Waals surface area contributed by atoms with Crippen molar-refractivity contribution in [3.05, 3.63) is 0 Å². The van der Waals surface area contributed by atoms with Crippen molar-refractivity contribution < 1.29 is 0 Å². The van der Waals surface area contributed by atoms with Gasteiger partial charge in [0, 0.05) is 0 Å². The molecule has 2 heteroatoms. The first kappa shape index (κ1) is 9.25. The number of hydrogen-bond donors (Lipinski definition) is 0. The first-order valence-electron chi connectivity index (χ1n) is 4.27. The van der Waals surface area contributed by atoms with Crippen LogP contribution in [-0.2, 0) is 0 Å². The van der Waals surface area contributed by atoms with Gasteiger partial charge in [-0.15, -0.1) is 0 Å². The van der Waals surface area contributed by atoms with E-state index >= 15 is 0 Å². The molecule has 0 aromatic heterocycles. The van der Waals surface area contributed by atoms with Gasteiger partial charge in [0.1, 0.15) is 0 Å². The van der Waals surface area contributed by atoms with E-state index < -0.39 is 0 Å². The summed E-state index contributed by atoms with van der Waals surface area (Å²) in [7, 11) is 0. The minimum atomic E-state index is 0.388. The molecule has 0 nitrogen and oxygen atoms in total. The monoisotopic (exact) mass is 270 g/mol. The lowest BCUT2D eigenvalue weighted by Crippen LogP contribution is -1.96. The number of hydrogen-bond acceptors (Lipinski definition) is 0. The van der Waals surface area contributed by atoms with E-state index in [9.17, 15) is 0 Å². The molecule has 0 heterocycles. The summed E-state index contributed by atoms with van der Waals surface area (Å²) in [6.07, 6.45) is 8.99. The third-order valence-corrected chi connectivity index (χ3v) is 8.15. The maximum Gasteiger partial charge on any atom is -0.0119 e. The highest BCUT2D eigenvalue weighted by atomic mass is 127. The lowest BCUT2D eigenvalue weighted by Gasteiger charge is -2.15. The molecule has 1 aliphatic rings. The summed E-state index contributed by atoms with van der Waals surface area (Å²) >= 11 is 2.71. The molecule has 0 radical (unpaired) electrons. The fraction of sp³-hybridized carbons (Fsp3) is 1.00. The van der Waals surface area contributed by atoms with Crippen LogP contribution in [0.3, 0.4) is 0 Å². The minimum absolute atomic E-state index is 0.388. The van der Waals surface area contributed by atoms with Crippen LogP contribution in [0.5, 0.6) is 0 Å². The summed E-state index contributed by atoms with van der Waals surface area (Å²) < 4.78 is 0. The zero-order chi connectivity index (χ0) is 7.40. The highest BCUT2D eigenvalue weighted by Crippen LogP contribution is 2.55. The molecule has 1 saturated carbocycles. The molecule has 1 unspecified atom stereocenters. The quantitative estimate of drug-likeness (QED) is 0.533. The molecule has 0 aliphatic heterocycles. The Morgan fingerprint density at radius 3 is 2.50 bits per heavy atom. The van der Waals surface area contributed by atoms with E-state index in [2.05, 4.69) is 29.0 Å². The normalized spacial score (nSPS) is 23.4. The van der Waals surface area contributed by atoms with Crippen molar-refractivity contribution in [1.29, 1.82) is 0 Å². The van der Waals surface area contributed by atoms with Gasteiger partial charge in [0.2, 0.25) is 0 Å². The summed E-state index contributed by atoms with van der Waals surface area (Å²) in [5, 5.41) is 0. The van der Waals surface area contributed by atoms with Crippen LogP contribution in [-0.4, -0.2) is 11.8 Å². The molecule has 0 bridgehead atoms. The van der Waals surface area contributed by atoms with E-state index in [0.717, 1.165) is 5.66 Å². The van der Waals surface area contributed by atoms with Crippen LogP contribution in [0.2, 0.25) is 0 Å². The fourth-order valence-electron chi connectivity index (χ4n) is 1.58. The maximum absolute atomic E-state index is 2.71. The van der Waals surface area contributed by atoms with Crippen molar-refractivity contribution in [2.45, 2.75) is 44.7 Å². The van der Waals surface area contributed by atoms with Gasteiger partial charge in [-0.3, -0.25) is 0 Å². The van der Waals surface area contributed by atoms with Gasteiger partial charge >= 0.3 is 0 Å². The van der Waals surface area contributed by atoms with Gasteiger partial charge in [0.25, 0.3) is 0 Å². The van der Waals surface area contributed by atoms with Crippen molar-refractivity contribution >= 4 is 27.6 Å². The van der Waals surface area contributed by atoms with Crippen LogP contribution in [0.25, 0.3) is 0 Å². The van der Waals surface area contributed by atoms with Crippen LogP contribution >= 0.6 is 27.6 Å². The average Bonchev–Trinajstić information content (AvgIpc) is 2.38. The second kappa shape index (κ2) is 4.92. The predicted molar refractivity (Wildman–Crippen MR) is 58.4 cm³/mol. The molecule has 1 fully saturated rings. The summed E-state index contributed by atoms with van der Waals surface area (Å²) in [5.41, 5.74) is 1.52. The van der Waals surface area contributed by atoms with E-state index in [1.165, 1.54) is 38.3 Å². The zero-order valence-electron chi connectivity index (χ0n) is 6.65. The molecule has 0 aromatic rings. The maximum atomic E-state index is 2.71. The SMILES string of the molecule is CCCP(I)C1CCCC1. The van der Waals surface area contributed by atoms with E-state index in [0.29, 0.717) is 5.56 Å². The van der Waals surface area contributed by atoms with Gasteiger partial charge in [-0.2, -0.15) is 0 Å². The number of halogens is 1. The van der Waals surface area contributed by atoms with Gasteiger partial charge in [-0.1, -0.05) is 48.2 Å². The van der Waals surface area contributed by atoms with Crippen LogP contribution in [0.1, 0.15) is 39.0 Å². The molecule has 60 valence electrons. The highest BCUT2D eigenvalue weighted by Gasteiger charge is 2.21. The molecule has 1 atom stereocenters. The van der Waals surface area contributed by atoms with Crippen LogP contribution in [0.4, 0.5) is 0 Å². The van der Waals surface area contributed by atoms with Gasteiger partial charge in [0.05, 0.1) is 0 Å². The van der Waals surface area contributed by atoms with Crippen molar-refractivity contribution in [3.8, 4) is 0 Å². The topological polar surface area (TPSA) is 0 Å². The summed E-state index contributed by atoms with van der Waals surface area (Å²) in [4.78, 5) is 0. The average molecular weight is 270 g/mol. The van der Waals surface area contributed by atoms with E-state index in [4.69, 9.17) is 0 Å². The van der Waals surface area contributed by atoms with Gasteiger partial charge in [-0.25, -0.2) is 0 Å². The molecular formula is C8H16IP. The minimum Gasteiger partial charge on any atom is -0.0650 e. The Kier molecular flexibility index (Phi) is 4.55. The second-order valence-electron chi connectivity index (χ2n) is 3.06. The van der Waals surface area contributed by atoms with Crippen LogP contribution in [0.15, 0.2) is 0 Å². The first-order valence-corrected chi connectivity index (χ1v) is 8.65. The Morgan fingerprint density at radius 1 is 1.40 bits per heavy atom. The number of rotatable bonds is 3. The molecule has 1 aliphatic carbocycles. The Morgan fingerprint density at radius 2 is 2.00 bits per heavy atom. The van der Waals surface area contributed by atoms with Crippen molar-refractivity contribution in [2.24, 2.45) is 0 Å². The molecule has 0 N–H and O–H groups in total. The van der Waals surface area contributed by atoms with Crippen molar-refractivity contribution in [3.63, 3.8) is 0 Å². The van der Waals surface area contributed by atoms with Gasteiger partial charge in [-0.05, 0) is 30.2 Å². The third kappa shape index (κ3) is 2.65. The zero-order valence-corrected chi connectivity index (χ0v) is 9.70. The summed E-state index contributed by atoms with van der Waals surface area (Å²) in [6, 6.07) is 0. The molecule has 1 rings (SSSR count). The molecule has 0 saturated heterocycles. The molecule has 0 amide bonds. The molecule has 0 spiro atoms.